The normalized spacial score (nSPS) is 17.0. The molecule has 1 aliphatic rings. The molecule has 0 saturated carbocycles. The highest BCUT2D eigenvalue weighted by atomic mass is 32.1. The minimum Gasteiger partial charge on any atom is -0.391 e. The Hall–Kier alpha value is -3.59. The first-order valence-electron chi connectivity index (χ1n) is 14.8. The van der Waals surface area contributed by atoms with Gasteiger partial charge in [-0.15, -0.1) is 11.3 Å². The molecular weight excluding hydrogens is 602 g/mol. The first kappa shape index (κ1) is 35.9. The number of β-amino-alcohol motifs (C(OH)–C–C–N with tert-alkyl or cyclic N) is 1. The summed E-state index contributed by atoms with van der Waals surface area (Å²) < 4.78 is 16.0. The van der Waals surface area contributed by atoms with Crippen molar-refractivity contribution in [3.05, 3.63) is 51.5 Å². The Bertz CT molecular complexity index is 1310. The Kier molecular flexibility index (Phi) is 14.2. The van der Waals surface area contributed by atoms with Crippen LogP contribution in [-0.2, 0) is 35.1 Å². The summed E-state index contributed by atoms with van der Waals surface area (Å²) in [5.41, 5.74) is 12.2. The summed E-state index contributed by atoms with van der Waals surface area (Å²) >= 11 is 1.57. The molecule has 1 unspecified atom stereocenters. The average molecular weight is 646 g/mol. The van der Waals surface area contributed by atoms with E-state index in [1.54, 1.807) is 11.3 Å². The Morgan fingerprint density at radius 1 is 1.13 bits per heavy atom. The second kappa shape index (κ2) is 17.8. The predicted octanol–water partition coefficient (Wildman–Crippen LogP) is 2.59. The highest BCUT2D eigenvalue weighted by Gasteiger charge is 2.44. The van der Waals surface area contributed by atoms with Crippen LogP contribution in [0.3, 0.4) is 0 Å². The van der Waals surface area contributed by atoms with Gasteiger partial charge in [0.15, 0.2) is 0 Å². The van der Waals surface area contributed by atoms with E-state index in [9.17, 15) is 19.5 Å². The second-order valence-corrected chi connectivity index (χ2v) is 12.5. The van der Waals surface area contributed by atoms with Crippen LogP contribution in [0, 0.1) is 12.3 Å². The number of benzene rings is 1. The fraction of sp³-hybridized carbons (Fsp3) is 0.600. The van der Waals surface area contributed by atoms with Crippen LogP contribution < -0.4 is 10.6 Å². The van der Waals surface area contributed by atoms with Crippen molar-refractivity contribution in [2.24, 2.45) is 10.5 Å². The van der Waals surface area contributed by atoms with Crippen molar-refractivity contribution >= 4 is 29.1 Å². The van der Waals surface area contributed by atoms with Gasteiger partial charge in [-0.25, -0.2) is 4.98 Å². The zero-order valence-electron chi connectivity index (χ0n) is 26.2. The Labute approximate surface area is 267 Å². The van der Waals surface area contributed by atoms with E-state index in [-0.39, 0.29) is 51.8 Å². The Morgan fingerprint density at radius 2 is 1.80 bits per heavy atom. The number of likely N-dealkylation sites (tertiary alicyclic amines) is 1. The van der Waals surface area contributed by atoms with Crippen LogP contribution in [0.15, 0.2) is 34.9 Å². The molecule has 1 aromatic carbocycles. The Morgan fingerprint density at radius 3 is 2.42 bits per heavy atom. The number of amides is 3. The van der Waals surface area contributed by atoms with Gasteiger partial charge in [0.2, 0.25) is 17.7 Å². The maximum Gasteiger partial charge on any atom is 0.246 e. The molecule has 246 valence electrons. The molecule has 3 rings (SSSR count). The molecule has 0 spiro atoms. The summed E-state index contributed by atoms with van der Waals surface area (Å²) in [7, 11) is 0. The number of aromatic nitrogens is 1. The third-order valence-electron chi connectivity index (χ3n) is 7.09. The third-order valence-corrected chi connectivity index (χ3v) is 8.07. The van der Waals surface area contributed by atoms with Crippen molar-refractivity contribution in [1.82, 2.24) is 20.5 Å². The van der Waals surface area contributed by atoms with Crippen LogP contribution in [0.2, 0.25) is 0 Å². The summed E-state index contributed by atoms with van der Waals surface area (Å²) in [6.07, 6.45) is -0.753. The van der Waals surface area contributed by atoms with Crippen molar-refractivity contribution in [2.45, 2.75) is 58.8 Å². The van der Waals surface area contributed by atoms with Gasteiger partial charge >= 0.3 is 0 Å². The number of hydrogen-bond acceptors (Lipinski definition) is 10. The molecule has 1 aliphatic heterocycles. The van der Waals surface area contributed by atoms with E-state index >= 15 is 0 Å². The molecule has 1 saturated heterocycles. The molecular formula is C30H43N7O7S. The molecule has 0 bridgehead atoms. The molecule has 1 fully saturated rings. The van der Waals surface area contributed by atoms with Crippen molar-refractivity contribution in [1.29, 1.82) is 0 Å². The molecule has 2 heterocycles. The standard InChI is InChI=1S/C30H43N7O7S/c1-20-26(45-19-33-20)22-7-5-21(6-8-22)16-32-28(40)24-15-23(38)17-37(24)29(41)27(30(2,3)4)35-25(39)18-44-14-13-43-12-11-42-10-9-34-36-31/h5-8,19,23-24,27,38H,9-18H2,1-4H3,(H,32,40)(H,35,39)/t23-,24-,27?/m0/s1. The number of nitrogens with zero attached hydrogens (tertiary/aromatic N) is 5. The van der Waals surface area contributed by atoms with Gasteiger partial charge < -0.3 is 34.9 Å². The van der Waals surface area contributed by atoms with Gasteiger partial charge in [-0.3, -0.25) is 14.4 Å². The third kappa shape index (κ3) is 11.4. The minimum absolute atomic E-state index is 0.00857. The maximum atomic E-state index is 13.7. The van der Waals surface area contributed by atoms with Crippen molar-refractivity contribution in [3.63, 3.8) is 0 Å². The number of ether oxygens (including phenoxy) is 3. The minimum atomic E-state index is -0.948. The number of rotatable bonds is 17. The van der Waals surface area contributed by atoms with E-state index in [2.05, 4.69) is 25.6 Å². The van der Waals surface area contributed by atoms with Crippen LogP contribution in [-0.4, -0.2) is 104 Å². The highest BCUT2D eigenvalue weighted by molar-refractivity contribution is 7.13. The number of nitrogens with one attached hydrogen (secondary N) is 2. The highest BCUT2D eigenvalue weighted by Crippen LogP contribution is 2.28. The fourth-order valence-electron chi connectivity index (χ4n) is 4.74. The van der Waals surface area contributed by atoms with Crippen molar-refractivity contribution < 1.29 is 33.7 Å². The van der Waals surface area contributed by atoms with Crippen LogP contribution in [0.1, 0.15) is 38.4 Å². The van der Waals surface area contributed by atoms with Gasteiger partial charge in [0.1, 0.15) is 18.7 Å². The number of aliphatic hydroxyl groups excluding tert-OH is 1. The summed E-state index contributed by atoms with van der Waals surface area (Å²) in [4.78, 5) is 49.0. The van der Waals surface area contributed by atoms with Crippen LogP contribution >= 0.6 is 11.3 Å². The van der Waals surface area contributed by atoms with E-state index in [0.717, 1.165) is 21.7 Å². The summed E-state index contributed by atoms with van der Waals surface area (Å²) in [6.45, 7) is 9.01. The van der Waals surface area contributed by atoms with Crippen molar-refractivity contribution in [3.8, 4) is 10.4 Å². The monoisotopic (exact) mass is 645 g/mol. The predicted molar refractivity (Wildman–Crippen MR) is 168 cm³/mol. The lowest BCUT2D eigenvalue weighted by Gasteiger charge is -2.35. The summed E-state index contributed by atoms with van der Waals surface area (Å²) in [5, 5.41) is 19.4. The van der Waals surface area contributed by atoms with Gasteiger partial charge in [-0.05, 0) is 29.0 Å². The average Bonchev–Trinajstić information content (AvgIpc) is 3.62. The lowest BCUT2D eigenvalue weighted by molar-refractivity contribution is -0.144. The molecule has 45 heavy (non-hydrogen) atoms. The molecule has 3 atom stereocenters. The number of azide groups is 1. The summed E-state index contributed by atoms with van der Waals surface area (Å²) in [5.74, 6) is -1.30. The van der Waals surface area contributed by atoms with Gasteiger partial charge in [-0.2, -0.15) is 0 Å². The number of aryl methyl sites for hydroxylation is 1. The number of aliphatic hydroxyl groups is 1. The molecule has 3 amide bonds. The van der Waals surface area contributed by atoms with Crippen LogP contribution in [0.25, 0.3) is 20.9 Å². The molecule has 2 aromatic rings. The maximum absolute atomic E-state index is 13.7. The number of thiazole rings is 1. The van der Waals surface area contributed by atoms with E-state index in [1.807, 2.05) is 57.5 Å². The lowest BCUT2D eigenvalue weighted by Crippen LogP contribution is -2.58. The quantitative estimate of drug-likeness (QED) is 0.101. The largest absolute Gasteiger partial charge is 0.391 e. The smallest absolute Gasteiger partial charge is 0.246 e. The number of carbonyl (C=O) groups is 3. The Balaban J connectivity index is 1.48. The molecule has 15 heteroatoms. The number of carbonyl (C=O) groups excluding carboxylic acids is 3. The fourth-order valence-corrected chi connectivity index (χ4v) is 5.55. The molecule has 0 radical (unpaired) electrons. The van der Waals surface area contributed by atoms with Crippen LogP contribution in [0.4, 0.5) is 0 Å². The molecule has 0 aliphatic carbocycles. The first-order chi connectivity index (χ1) is 21.5. The zero-order chi connectivity index (χ0) is 32.8. The van der Waals surface area contributed by atoms with E-state index in [0.29, 0.717) is 19.8 Å². The summed E-state index contributed by atoms with van der Waals surface area (Å²) in [6, 6.07) is 6.02. The van der Waals surface area contributed by atoms with E-state index in [4.69, 9.17) is 19.7 Å². The number of hydrogen-bond donors (Lipinski definition) is 3. The molecule has 3 N–H and O–H groups in total. The lowest BCUT2D eigenvalue weighted by atomic mass is 9.85. The van der Waals surface area contributed by atoms with Gasteiger partial charge in [-0.1, -0.05) is 50.2 Å². The SMILES string of the molecule is Cc1ncsc1-c1ccc(CNC(=O)[C@@H]2C[C@H](O)CN2C(=O)C(NC(=O)COCCOCCOCCN=[N+]=[N-])C(C)(C)C)cc1. The topological polar surface area (TPSA) is 188 Å². The van der Waals surface area contributed by atoms with Gasteiger partial charge in [0.05, 0.1) is 55.2 Å². The first-order valence-corrected chi connectivity index (χ1v) is 15.7. The molecule has 14 nitrogen and oxygen atoms in total. The van der Waals surface area contributed by atoms with Crippen molar-refractivity contribution in [2.75, 3.05) is 52.7 Å². The van der Waals surface area contributed by atoms with Gasteiger partial charge in [0, 0.05) is 31.0 Å². The second-order valence-electron chi connectivity index (χ2n) is 11.7. The van der Waals surface area contributed by atoms with Crippen LogP contribution in [0.5, 0.6) is 0 Å². The molecule has 1 aromatic heterocycles. The van der Waals surface area contributed by atoms with E-state index in [1.165, 1.54) is 4.90 Å². The van der Waals surface area contributed by atoms with E-state index < -0.39 is 35.4 Å². The van der Waals surface area contributed by atoms with Gasteiger partial charge in [0.25, 0.3) is 0 Å². The zero-order valence-corrected chi connectivity index (χ0v) is 27.0.